The van der Waals surface area contributed by atoms with Crippen LogP contribution in [0.4, 0.5) is 0 Å². The molecule has 2 rings (SSSR count). The van der Waals surface area contributed by atoms with Crippen molar-refractivity contribution >= 4 is 5.57 Å². The summed E-state index contributed by atoms with van der Waals surface area (Å²) in [5.41, 5.74) is 3.97. The molecule has 86 valence electrons. The lowest BCUT2D eigenvalue weighted by Crippen LogP contribution is -2.15. The van der Waals surface area contributed by atoms with Gasteiger partial charge in [0.05, 0.1) is 0 Å². The molecule has 0 aliphatic carbocycles. The first-order valence-corrected chi connectivity index (χ1v) is 6.15. The predicted molar refractivity (Wildman–Crippen MR) is 70.5 cm³/mol. The lowest BCUT2D eigenvalue weighted by molar-refractivity contribution is 0.487. The quantitative estimate of drug-likeness (QED) is 0.814. The monoisotopic (exact) mass is 215 g/mol. The zero-order valence-corrected chi connectivity index (χ0v) is 10.3. The molecule has 0 saturated carbocycles. The molecular weight excluding hydrogens is 194 g/mol. The van der Waals surface area contributed by atoms with Gasteiger partial charge >= 0.3 is 0 Å². The number of allylic oxidation sites excluding steroid dienone is 1. The van der Waals surface area contributed by atoms with Crippen LogP contribution in [-0.4, -0.2) is 13.1 Å². The molecule has 0 bridgehead atoms. The SMILES string of the molecule is C=C(C)c1ccccc1C(C)C1CCNC1. The van der Waals surface area contributed by atoms with E-state index in [2.05, 4.69) is 50.0 Å². The van der Waals surface area contributed by atoms with Gasteiger partial charge < -0.3 is 5.32 Å². The second-order valence-corrected chi connectivity index (χ2v) is 4.91. The predicted octanol–water partition coefficient (Wildman–Crippen LogP) is 3.43. The zero-order valence-electron chi connectivity index (χ0n) is 10.3. The minimum Gasteiger partial charge on any atom is -0.316 e. The highest BCUT2D eigenvalue weighted by atomic mass is 14.9. The summed E-state index contributed by atoms with van der Waals surface area (Å²) >= 11 is 0. The fraction of sp³-hybridized carbons (Fsp3) is 0.467. The highest BCUT2D eigenvalue weighted by Gasteiger charge is 2.23. The van der Waals surface area contributed by atoms with E-state index in [4.69, 9.17) is 0 Å². The molecule has 0 spiro atoms. The first-order valence-electron chi connectivity index (χ1n) is 6.15. The van der Waals surface area contributed by atoms with E-state index in [0.717, 1.165) is 12.5 Å². The van der Waals surface area contributed by atoms with E-state index in [1.807, 2.05) is 0 Å². The Morgan fingerprint density at radius 1 is 1.44 bits per heavy atom. The molecule has 1 fully saturated rings. The molecule has 0 aromatic heterocycles. The van der Waals surface area contributed by atoms with Crippen molar-refractivity contribution < 1.29 is 0 Å². The number of hydrogen-bond donors (Lipinski definition) is 1. The molecule has 1 heterocycles. The first kappa shape index (κ1) is 11.4. The highest BCUT2D eigenvalue weighted by molar-refractivity contribution is 5.65. The third kappa shape index (κ3) is 2.19. The Morgan fingerprint density at radius 2 is 2.19 bits per heavy atom. The molecule has 0 amide bonds. The Labute approximate surface area is 98.6 Å². The van der Waals surface area contributed by atoms with Crippen LogP contribution in [0.3, 0.4) is 0 Å². The van der Waals surface area contributed by atoms with Crippen LogP contribution >= 0.6 is 0 Å². The number of hydrogen-bond acceptors (Lipinski definition) is 1. The van der Waals surface area contributed by atoms with Crippen molar-refractivity contribution in [2.45, 2.75) is 26.2 Å². The van der Waals surface area contributed by atoms with E-state index < -0.39 is 0 Å². The Bertz CT molecular complexity index is 375. The number of rotatable bonds is 3. The zero-order chi connectivity index (χ0) is 11.5. The summed E-state index contributed by atoms with van der Waals surface area (Å²) in [6.45, 7) is 10.9. The van der Waals surface area contributed by atoms with Crippen molar-refractivity contribution in [3.8, 4) is 0 Å². The van der Waals surface area contributed by atoms with Gasteiger partial charge in [-0.3, -0.25) is 0 Å². The van der Waals surface area contributed by atoms with Crippen molar-refractivity contribution in [2.75, 3.05) is 13.1 Å². The lowest BCUT2D eigenvalue weighted by Gasteiger charge is -2.21. The smallest absolute Gasteiger partial charge is 0.00143 e. The van der Waals surface area contributed by atoms with E-state index in [1.54, 1.807) is 0 Å². The van der Waals surface area contributed by atoms with E-state index in [1.165, 1.54) is 29.7 Å². The second-order valence-electron chi connectivity index (χ2n) is 4.91. The maximum atomic E-state index is 4.08. The summed E-state index contributed by atoms with van der Waals surface area (Å²) in [5.74, 6) is 1.41. The van der Waals surface area contributed by atoms with Crippen molar-refractivity contribution in [2.24, 2.45) is 5.92 Å². The molecule has 1 N–H and O–H groups in total. The summed E-state index contributed by atoms with van der Waals surface area (Å²) in [5, 5.41) is 3.45. The van der Waals surface area contributed by atoms with Gasteiger partial charge in [0.2, 0.25) is 0 Å². The minimum absolute atomic E-state index is 0.628. The Balaban J connectivity index is 2.27. The van der Waals surface area contributed by atoms with Gasteiger partial charge in [0.1, 0.15) is 0 Å². The van der Waals surface area contributed by atoms with E-state index in [-0.39, 0.29) is 0 Å². The molecule has 2 unspecified atom stereocenters. The lowest BCUT2D eigenvalue weighted by atomic mass is 9.83. The molecule has 1 nitrogen and oxygen atoms in total. The van der Waals surface area contributed by atoms with Crippen LogP contribution < -0.4 is 5.32 Å². The summed E-state index contributed by atoms with van der Waals surface area (Å²) in [6, 6.07) is 8.69. The van der Waals surface area contributed by atoms with Gasteiger partial charge in [-0.05, 0) is 49.4 Å². The van der Waals surface area contributed by atoms with E-state index in [0.29, 0.717) is 5.92 Å². The topological polar surface area (TPSA) is 12.0 Å². The van der Waals surface area contributed by atoms with Crippen LogP contribution in [0, 0.1) is 5.92 Å². The number of nitrogens with one attached hydrogen (secondary N) is 1. The molecule has 0 radical (unpaired) electrons. The Hall–Kier alpha value is -1.08. The van der Waals surface area contributed by atoms with Crippen LogP contribution in [0.5, 0.6) is 0 Å². The average Bonchev–Trinajstić information content (AvgIpc) is 2.81. The van der Waals surface area contributed by atoms with Gasteiger partial charge in [0, 0.05) is 0 Å². The normalized spacial score (nSPS) is 22.0. The van der Waals surface area contributed by atoms with Crippen LogP contribution in [0.15, 0.2) is 30.8 Å². The molecule has 16 heavy (non-hydrogen) atoms. The fourth-order valence-electron chi connectivity index (χ4n) is 2.64. The van der Waals surface area contributed by atoms with Gasteiger partial charge in [-0.2, -0.15) is 0 Å². The van der Waals surface area contributed by atoms with Gasteiger partial charge in [-0.1, -0.05) is 43.3 Å². The minimum atomic E-state index is 0.628. The molecule has 1 aliphatic heterocycles. The van der Waals surface area contributed by atoms with Crippen LogP contribution in [0.2, 0.25) is 0 Å². The molecule has 2 atom stereocenters. The fourth-order valence-corrected chi connectivity index (χ4v) is 2.64. The summed E-state index contributed by atoms with van der Waals surface area (Å²) in [6.07, 6.45) is 1.30. The molecular formula is C15H21N. The van der Waals surface area contributed by atoms with E-state index in [9.17, 15) is 0 Å². The van der Waals surface area contributed by atoms with Crippen LogP contribution in [0.1, 0.15) is 37.3 Å². The average molecular weight is 215 g/mol. The van der Waals surface area contributed by atoms with Crippen LogP contribution in [0.25, 0.3) is 5.57 Å². The third-order valence-electron chi connectivity index (χ3n) is 3.72. The maximum Gasteiger partial charge on any atom is -0.00143 e. The van der Waals surface area contributed by atoms with Gasteiger partial charge in [-0.15, -0.1) is 0 Å². The third-order valence-corrected chi connectivity index (χ3v) is 3.72. The van der Waals surface area contributed by atoms with E-state index >= 15 is 0 Å². The van der Waals surface area contributed by atoms with Crippen molar-refractivity contribution in [1.82, 2.24) is 5.32 Å². The molecule has 1 aliphatic rings. The van der Waals surface area contributed by atoms with Gasteiger partial charge in [-0.25, -0.2) is 0 Å². The summed E-state index contributed by atoms with van der Waals surface area (Å²) in [4.78, 5) is 0. The largest absolute Gasteiger partial charge is 0.316 e. The van der Waals surface area contributed by atoms with Crippen molar-refractivity contribution in [3.63, 3.8) is 0 Å². The van der Waals surface area contributed by atoms with Crippen LogP contribution in [-0.2, 0) is 0 Å². The molecule has 1 aromatic carbocycles. The molecule has 1 saturated heterocycles. The summed E-state index contributed by atoms with van der Waals surface area (Å²) in [7, 11) is 0. The van der Waals surface area contributed by atoms with Crippen molar-refractivity contribution in [3.05, 3.63) is 42.0 Å². The Morgan fingerprint density at radius 3 is 2.81 bits per heavy atom. The summed E-state index contributed by atoms with van der Waals surface area (Å²) < 4.78 is 0. The first-order chi connectivity index (χ1) is 7.70. The van der Waals surface area contributed by atoms with Gasteiger partial charge in [0.15, 0.2) is 0 Å². The van der Waals surface area contributed by atoms with Gasteiger partial charge in [0.25, 0.3) is 0 Å². The Kier molecular flexibility index (Phi) is 3.45. The highest BCUT2D eigenvalue weighted by Crippen LogP contribution is 2.32. The second kappa shape index (κ2) is 4.84. The standard InChI is InChI=1S/C15H21N/c1-11(2)14-6-4-5-7-15(14)12(3)13-8-9-16-10-13/h4-7,12-13,16H,1,8-10H2,2-3H3. The molecule has 1 heteroatoms. The maximum absolute atomic E-state index is 4.08. The number of benzene rings is 1. The van der Waals surface area contributed by atoms with Crippen molar-refractivity contribution in [1.29, 1.82) is 0 Å². The molecule has 1 aromatic rings.